The number of piperazine rings is 1. The lowest BCUT2D eigenvalue weighted by Crippen LogP contribution is -2.50. The van der Waals surface area contributed by atoms with Gasteiger partial charge in [-0.3, -0.25) is 4.98 Å². The number of hydrogen-bond acceptors (Lipinski definition) is 6. The van der Waals surface area contributed by atoms with E-state index < -0.39 is 5.60 Å². The van der Waals surface area contributed by atoms with Crippen LogP contribution in [0.3, 0.4) is 0 Å². The number of aromatic nitrogens is 1. The van der Waals surface area contributed by atoms with Gasteiger partial charge in [-0.15, -0.1) is 0 Å². The quantitative estimate of drug-likeness (QED) is 0.222. The van der Waals surface area contributed by atoms with Crippen molar-refractivity contribution in [1.29, 1.82) is 0 Å². The van der Waals surface area contributed by atoms with Gasteiger partial charge in [-0.05, 0) is 74.4 Å². The normalized spacial score (nSPS) is 13.8. The average Bonchev–Trinajstić information content (AvgIpc) is 3.41. The molecule has 5 aromatic rings. The molecule has 3 aromatic carbocycles. The Kier molecular flexibility index (Phi) is 7.10. The number of hydrogen-bond donors (Lipinski definition) is 0. The Bertz CT molecular complexity index is 1650. The minimum Gasteiger partial charge on any atom is -0.462 e. The molecule has 0 atom stereocenters. The molecule has 208 valence electrons. The first-order valence-corrected chi connectivity index (χ1v) is 13.9. The Hall–Kier alpha value is -4.78. The van der Waals surface area contributed by atoms with E-state index >= 15 is 0 Å². The van der Waals surface area contributed by atoms with Crippen molar-refractivity contribution >= 4 is 22.9 Å². The van der Waals surface area contributed by atoms with Crippen LogP contribution >= 0.6 is 0 Å². The first-order chi connectivity index (χ1) is 19.8. The van der Waals surface area contributed by atoms with E-state index in [9.17, 15) is 4.79 Å². The van der Waals surface area contributed by atoms with Gasteiger partial charge in [0, 0.05) is 49.2 Å². The number of pyridine rings is 1. The van der Waals surface area contributed by atoms with Crippen LogP contribution in [0.2, 0.25) is 0 Å². The van der Waals surface area contributed by atoms with Crippen molar-refractivity contribution in [2.24, 2.45) is 0 Å². The number of carbonyl (C=O) groups excluding carboxylic acids is 1. The number of fused-ring (bicyclic) bond motifs is 1. The second-order valence-corrected chi connectivity index (χ2v) is 11.2. The number of benzene rings is 3. The van der Waals surface area contributed by atoms with Crippen molar-refractivity contribution in [3.05, 3.63) is 97.4 Å². The summed E-state index contributed by atoms with van der Waals surface area (Å²) in [5.74, 6) is 1.55. The fourth-order valence-electron chi connectivity index (χ4n) is 4.97. The zero-order valence-electron chi connectivity index (χ0n) is 23.5. The Morgan fingerprint density at radius 3 is 2.27 bits per heavy atom. The van der Waals surface area contributed by atoms with Gasteiger partial charge in [0.1, 0.15) is 28.9 Å². The second kappa shape index (κ2) is 11.0. The number of ether oxygens (including phenoxy) is 2. The van der Waals surface area contributed by atoms with Crippen LogP contribution in [0.5, 0.6) is 11.5 Å². The zero-order chi connectivity index (χ0) is 28.4. The van der Waals surface area contributed by atoms with Crippen LogP contribution in [0, 0.1) is 0 Å². The number of furan rings is 1. The molecule has 0 radical (unpaired) electrons. The highest BCUT2D eigenvalue weighted by Gasteiger charge is 2.26. The highest BCUT2D eigenvalue weighted by molar-refractivity contribution is 5.92. The summed E-state index contributed by atoms with van der Waals surface area (Å²) in [5.41, 5.74) is 6.14. The second-order valence-electron chi connectivity index (χ2n) is 11.2. The number of amides is 1. The highest BCUT2D eigenvalue weighted by Crippen LogP contribution is 2.34. The lowest BCUT2D eigenvalue weighted by atomic mass is 10.0. The smallest absolute Gasteiger partial charge is 0.410 e. The lowest BCUT2D eigenvalue weighted by Gasteiger charge is -2.36. The number of para-hydroxylation sites is 1. The summed E-state index contributed by atoms with van der Waals surface area (Å²) >= 11 is 0. The molecule has 0 N–H and O–H groups in total. The van der Waals surface area contributed by atoms with Crippen molar-refractivity contribution in [2.45, 2.75) is 26.4 Å². The number of carbonyl (C=O) groups is 1. The third-order valence-corrected chi connectivity index (χ3v) is 7.03. The maximum atomic E-state index is 12.4. The van der Waals surface area contributed by atoms with Gasteiger partial charge in [-0.1, -0.05) is 42.5 Å². The lowest BCUT2D eigenvalue weighted by molar-refractivity contribution is 0.0240. The maximum absolute atomic E-state index is 12.4. The van der Waals surface area contributed by atoms with Gasteiger partial charge in [-0.25, -0.2) is 4.79 Å². The Morgan fingerprint density at radius 1 is 0.805 bits per heavy atom. The summed E-state index contributed by atoms with van der Waals surface area (Å²) in [4.78, 5) is 21.2. The molecule has 2 aromatic heterocycles. The molecule has 1 fully saturated rings. The van der Waals surface area contributed by atoms with Crippen LogP contribution in [0.25, 0.3) is 33.4 Å². The van der Waals surface area contributed by atoms with Gasteiger partial charge in [-0.2, -0.15) is 0 Å². The van der Waals surface area contributed by atoms with E-state index in [1.54, 1.807) is 11.2 Å². The SMILES string of the molecule is CC(C)(C)OC(=O)N1CCN(c2ccc(-c3cnc4c(-c5cccc(Oc6ccccc6)c5)coc4c3)cc2)CC1. The third-order valence-electron chi connectivity index (χ3n) is 7.03. The van der Waals surface area contributed by atoms with E-state index in [2.05, 4.69) is 29.2 Å². The summed E-state index contributed by atoms with van der Waals surface area (Å²) in [6.45, 7) is 8.48. The minimum absolute atomic E-state index is 0.246. The topological polar surface area (TPSA) is 68.0 Å². The van der Waals surface area contributed by atoms with E-state index in [1.807, 2.05) is 87.6 Å². The fourth-order valence-corrected chi connectivity index (χ4v) is 4.97. The molecule has 7 nitrogen and oxygen atoms in total. The molecule has 6 rings (SSSR count). The summed E-state index contributed by atoms with van der Waals surface area (Å²) < 4.78 is 17.5. The monoisotopic (exact) mass is 547 g/mol. The van der Waals surface area contributed by atoms with Crippen LogP contribution in [0.4, 0.5) is 10.5 Å². The van der Waals surface area contributed by atoms with Crippen LogP contribution in [0.1, 0.15) is 20.8 Å². The molecule has 3 heterocycles. The molecule has 0 aliphatic carbocycles. The minimum atomic E-state index is -0.484. The van der Waals surface area contributed by atoms with Crippen LogP contribution < -0.4 is 9.64 Å². The zero-order valence-corrected chi connectivity index (χ0v) is 23.5. The van der Waals surface area contributed by atoms with Gasteiger partial charge in [0.05, 0.1) is 0 Å². The highest BCUT2D eigenvalue weighted by atomic mass is 16.6. The van der Waals surface area contributed by atoms with Gasteiger partial charge >= 0.3 is 6.09 Å². The first kappa shape index (κ1) is 26.4. The summed E-state index contributed by atoms with van der Waals surface area (Å²) in [7, 11) is 0. The van der Waals surface area contributed by atoms with Crippen molar-refractivity contribution in [1.82, 2.24) is 9.88 Å². The average molecular weight is 548 g/mol. The van der Waals surface area contributed by atoms with Crippen molar-refractivity contribution < 1.29 is 18.7 Å². The third kappa shape index (κ3) is 6.04. The standard InChI is InChI=1S/C34H33N3O4/c1-34(2,3)41-33(38)37-18-16-36(17-19-37)27-14-12-24(13-15-27)26-21-31-32(35-22-26)30(23-39-31)25-8-7-11-29(20-25)40-28-9-5-4-6-10-28/h4-15,20-23H,16-19H2,1-3H3. The van der Waals surface area contributed by atoms with E-state index in [0.29, 0.717) is 13.1 Å². The molecule has 7 heteroatoms. The van der Waals surface area contributed by atoms with E-state index in [1.165, 1.54) is 0 Å². The summed E-state index contributed by atoms with van der Waals surface area (Å²) in [6, 6.07) is 28.2. The van der Waals surface area contributed by atoms with Gasteiger partial charge in [0.25, 0.3) is 0 Å². The molecule has 0 unspecified atom stereocenters. The van der Waals surface area contributed by atoms with Crippen LogP contribution in [-0.2, 0) is 4.74 Å². The summed E-state index contributed by atoms with van der Waals surface area (Å²) in [5, 5.41) is 0. The summed E-state index contributed by atoms with van der Waals surface area (Å²) in [6.07, 6.45) is 3.40. The van der Waals surface area contributed by atoms with Crippen LogP contribution in [-0.4, -0.2) is 47.8 Å². The molecule has 0 saturated carbocycles. The van der Waals surface area contributed by atoms with Crippen molar-refractivity contribution in [3.63, 3.8) is 0 Å². The molecule has 1 aliphatic rings. The molecule has 1 saturated heterocycles. The fraction of sp³-hybridized carbons (Fsp3) is 0.235. The Balaban J connectivity index is 1.14. The van der Waals surface area contributed by atoms with Crippen molar-refractivity contribution in [3.8, 4) is 33.8 Å². The molecule has 1 amide bonds. The van der Waals surface area contributed by atoms with E-state index in [4.69, 9.17) is 18.9 Å². The maximum Gasteiger partial charge on any atom is 0.410 e. The van der Waals surface area contributed by atoms with Gasteiger partial charge < -0.3 is 23.7 Å². The largest absolute Gasteiger partial charge is 0.462 e. The number of nitrogens with zero attached hydrogens (tertiary/aromatic N) is 3. The molecular weight excluding hydrogens is 514 g/mol. The molecule has 0 spiro atoms. The van der Waals surface area contributed by atoms with Gasteiger partial charge in [0.2, 0.25) is 0 Å². The first-order valence-electron chi connectivity index (χ1n) is 13.9. The Morgan fingerprint density at radius 2 is 1.54 bits per heavy atom. The Labute approximate surface area is 239 Å². The number of rotatable bonds is 5. The van der Waals surface area contributed by atoms with E-state index in [0.717, 1.165) is 63.6 Å². The molecular formula is C34H33N3O4. The van der Waals surface area contributed by atoms with Crippen molar-refractivity contribution in [2.75, 3.05) is 31.1 Å². The number of anilines is 1. The molecule has 0 bridgehead atoms. The predicted octanol–water partition coefficient (Wildman–Crippen LogP) is 8.01. The molecule has 1 aliphatic heterocycles. The predicted molar refractivity (Wildman–Crippen MR) is 161 cm³/mol. The van der Waals surface area contributed by atoms with Crippen LogP contribution in [0.15, 0.2) is 102 Å². The van der Waals surface area contributed by atoms with Gasteiger partial charge in [0.15, 0.2) is 5.58 Å². The molecule has 41 heavy (non-hydrogen) atoms. The van der Waals surface area contributed by atoms with E-state index in [-0.39, 0.29) is 6.09 Å².